The van der Waals surface area contributed by atoms with E-state index in [0.29, 0.717) is 11.4 Å². The quantitative estimate of drug-likeness (QED) is 0.432. The van der Waals surface area contributed by atoms with E-state index < -0.39 is 23.8 Å². The first-order valence-electron chi connectivity index (χ1n) is 8.94. The molecule has 0 unspecified atom stereocenters. The van der Waals surface area contributed by atoms with Gasteiger partial charge in [0.1, 0.15) is 6.04 Å². The second-order valence-corrected chi connectivity index (χ2v) is 6.59. The van der Waals surface area contributed by atoms with Crippen LogP contribution in [0.3, 0.4) is 0 Å². The summed E-state index contributed by atoms with van der Waals surface area (Å²) < 4.78 is 0. The average Bonchev–Trinajstić information content (AvgIpc) is 3.07. The topological polar surface area (TPSA) is 154 Å². The second kappa shape index (κ2) is 11.7. The van der Waals surface area contributed by atoms with Crippen molar-refractivity contribution in [2.45, 2.75) is 38.6 Å². The SMILES string of the molecule is CCC(=O)NC.NC(=O)[C@H](Cc1c[nH]c2cc(Cl)ccc12)NC(=O)CCC(=O)O. The molecule has 3 amide bonds. The molecule has 10 heteroatoms. The van der Waals surface area contributed by atoms with Crippen LogP contribution in [0, 0.1) is 0 Å². The van der Waals surface area contributed by atoms with E-state index in [4.69, 9.17) is 22.4 Å². The Balaban J connectivity index is 0.000000612. The van der Waals surface area contributed by atoms with E-state index in [1.807, 2.05) is 13.0 Å². The van der Waals surface area contributed by atoms with Crippen molar-refractivity contribution in [1.82, 2.24) is 15.6 Å². The molecule has 0 saturated carbocycles. The van der Waals surface area contributed by atoms with E-state index >= 15 is 0 Å². The second-order valence-electron chi connectivity index (χ2n) is 6.15. The molecule has 1 atom stereocenters. The highest BCUT2D eigenvalue weighted by molar-refractivity contribution is 6.31. The normalized spacial score (nSPS) is 11.1. The number of fused-ring (bicyclic) bond motifs is 1. The van der Waals surface area contributed by atoms with Gasteiger partial charge in [0, 0.05) is 48.4 Å². The number of aromatic nitrogens is 1. The van der Waals surface area contributed by atoms with Crippen molar-refractivity contribution in [1.29, 1.82) is 0 Å². The number of carboxylic acids is 1. The molecule has 1 aromatic heterocycles. The highest BCUT2D eigenvalue weighted by atomic mass is 35.5. The van der Waals surface area contributed by atoms with Crippen molar-refractivity contribution in [3.05, 3.63) is 35.0 Å². The number of H-pyrrole nitrogens is 1. The summed E-state index contributed by atoms with van der Waals surface area (Å²) in [4.78, 5) is 46.8. The summed E-state index contributed by atoms with van der Waals surface area (Å²) in [5.41, 5.74) is 6.94. The predicted molar refractivity (Wildman–Crippen MR) is 109 cm³/mol. The fourth-order valence-corrected chi connectivity index (χ4v) is 2.61. The van der Waals surface area contributed by atoms with Gasteiger partial charge in [-0.3, -0.25) is 19.2 Å². The van der Waals surface area contributed by atoms with Crippen LogP contribution in [0.4, 0.5) is 0 Å². The first-order valence-corrected chi connectivity index (χ1v) is 9.32. The molecule has 29 heavy (non-hydrogen) atoms. The van der Waals surface area contributed by atoms with Crippen molar-refractivity contribution >= 4 is 46.2 Å². The van der Waals surface area contributed by atoms with Crippen molar-refractivity contribution in [3.63, 3.8) is 0 Å². The van der Waals surface area contributed by atoms with Crippen molar-refractivity contribution < 1.29 is 24.3 Å². The van der Waals surface area contributed by atoms with Crippen LogP contribution in [0.1, 0.15) is 31.7 Å². The average molecular weight is 425 g/mol. The first kappa shape index (κ1) is 24.0. The Morgan fingerprint density at radius 2 is 1.90 bits per heavy atom. The van der Waals surface area contributed by atoms with Crippen molar-refractivity contribution in [2.24, 2.45) is 5.73 Å². The Kier molecular flexibility index (Phi) is 9.67. The Morgan fingerprint density at radius 1 is 1.21 bits per heavy atom. The number of carboxylic acid groups (broad SMARTS) is 1. The predicted octanol–water partition coefficient (Wildman–Crippen LogP) is 1.34. The van der Waals surface area contributed by atoms with Gasteiger partial charge in [0.2, 0.25) is 17.7 Å². The molecular formula is C19H25ClN4O5. The van der Waals surface area contributed by atoms with Gasteiger partial charge in [0.05, 0.1) is 6.42 Å². The van der Waals surface area contributed by atoms with Crippen LogP contribution in [0.5, 0.6) is 0 Å². The minimum absolute atomic E-state index is 0.0926. The van der Waals surface area contributed by atoms with Gasteiger partial charge < -0.3 is 26.5 Å². The van der Waals surface area contributed by atoms with Gasteiger partial charge in [-0.2, -0.15) is 0 Å². The zero-order valence-electron chi connectivity index (χ0n) is 16.3. The van der Waals surface area contributed by atoms with E-state index in [9.17, 15) is 19.2 Å². The molecule has 9 nitrogen and oxygen atoms in total. The number of rotatable bonds is 8. The van der Waals surface area contributed by atoms with E-state index in [2.05, 4.69) is 15.6 Å². The van der Waals surface area contributed by atoms with E-state index in [-0.39, 0.29) is 25.2 Å². The highest BCUT2D eigenvalue weighted by Crippen LogP contribution is 2.23. The summed E-state index contributed by atoms with van der Waals surface area (Å²) in [6, 6.07) is 4.39. The third-order valence-electron chi connectivity index (χ3n) is 4.00. The van der Waals surface area contributed by atoms with Crippen LogP contribution in [0.25, 0.3) is 10.9 Å². The molecule has 0 aliphatic heterocycles. The molecule has 2 rings (SSSR count). The van der Waals surface area contributed by atoms with Crippen LogP contribution in [-0.2, 0) is 25.6 Å². The molecule has 0 spiro atoms. The zero-order valence-corrected chi connectivity index (χ0v) is 17.0. The number of aromatic amines is 1. The number of hydrogen-bond acceptors (Lipinski definition) is 4. The largest absolute Gasteiger partial charge is 0.481 e. The number of aliphatic carboxylic acids is 1. The van der Waals surface area contributed by atoms with Gasteiger partial charge in [0.15, 0.2) is 0 Å². The maximum Gasteiger partial charge on any atom is 0.303 e. The number of benzene rings is 1. The number of halogens is 1. The Bertz CT molecular complexity index is 875. The maximum absolute atomic E-state index is 11.7. The fraction of sp³-hybridized carbons (Fsp3) is 0.368. The third-order valence-corrected chi connectivity index (χ3v) is 4.23. The lowest BCUT2D eigenvalue weighted by atomic mass is 10.0. The highest BCUT2D eigenvalue weighted by Gasteiger charge is 2.20. The van der Waals surface area contributed by atoms with E-state index in [1.165, 1.54) is 0 Å². The lowest BCUT2D eigenvalue weighted by Gasteiger charge is -2.15. The summed E-state index contributed by atoms with van der Waals surface area (Å²) in [5, 5.41) is 15.0. The molecule has 2 aromatic rings. The lowest BCUT2D eigenvalue weighted by Crippen LogP contribution is -2.45. The molecule has 158 valence electrons. The minimum atomic E-state index is -1.08. The van der Waals surface area contributed by atoms with Gasteiger partial charge in [0.25, 0.3) is 0 Å². The molecule has 0 radical (unpaired) electrons. The minimum Gasteiger partial charge on any atom is -0.481 e. The van der Waals surface area contributed by atoms with Gasteiger partial charge >= 0.3 is 5.97 Å². The zero-order chi connectivity index (χ0) is 22.0. The van der Waals surface area contributed by atoms with Gasteiger partial charge in [-0.05, 0) is 17.7 Å². The van der Waals surface area contributed by atoms with E-state index in [1.54, 1.807) is 25.4 Å². The van der Waals surface area contributed by atoms with E-state index in [0.717, 1.165) is 16.5 Å². The van der Waals surface area contributed by atoms with Crippen LogP contribution in [-0.4, -0.2) is 46.9 Å². The Morgan fingerprint density at radius 3 is 2.41 bits per heavy atom. The summed E-state index contributed by atoms with van der Waals surface area (Å²) in [6.07, 6.45) is 2.00. The van der Waals surface area contributed by atoms with Gasteiger partial charge in [-0.25, -0.2) is 0 Å². The first-order chi connectivity index (χ1) is 13.7. The third kappa shape index (κ3) is 8.22. The number of carbonyl (C=O) groups is 4. The number of carbonyl (C=O) groups excluding carboxylic acids is 3. The van der Waals surface area contributed by atoms with Crippen LogP contribution < -0.4 is 16.4 Å². The number of amides is 3. The number of nitrogens with two attached hydrogens (primary N) is 1. The van der Waals surface area contributed by atoms with Crippen LogP contribution >= 0.6 is 11.6 Å². The molecule has 0 fully saturated rings. The molecular weight excluding hydrogens is 400 g/mol. The molecule has 1 aromatic carbocycles. The van der Waals surface area contributed by atoms with Gasteiger partial charge in [-0.1, -0.05) is 24.6 Å². The Hall–Kier alpha value is -3.07. The van der Waals surface area contributed by atoms with Crippen molar-refractivity contribution in [2.75, 3.05) is 7.05 Å². The molecule has 0 aliphatic rings. The maximum atomic E-state index is 11.7. The number of nitrogens with one attached hydrogen (secondary N) is 3. The molecule has 1 heterocycles. The van der Waals surface area contributed by atoms with Crippen molar-refractivity contribution in [3.8, 4) is 0 Å². The Labute approximate surface area is 173 Å². The fourth-order valence-electron chi connectivity index (χ4n) is 2.43. The number of primary amides is 1. The summed E-state index contributed by atoms with van der Waals surface area (Å²) >= 11 is 5.91. The molecule has 0 saturated heterocycles. The molecule has 0 bridgehead atoms. The summed E-state index contributed by atoms with van der Waals surface area (Å²) in [6.45, 7) is 1.82. The van der Waals surface area contributed by atoms with Crippen LogP contribution in [0.2, 0.25) is 5.02 Å². The summed E-state index contributed by atoms with van der Waals surface area (Å²) in [5.74, 6) is -2.20. The summed E-state index contributed by atoms with van der Waals surface area (Å²) in [7, 11) is 1.63. The standard InChI is InChI=1S/C15H16ClN3O4.C4H9NO/c16-9-1-2-10-8(7-18-11(10)6-9)5-12(15(17)23)19-13(20)3-4-14(21)22;1-3-4(6)5-2/h1-2,6-7,12,18H,3-5H2,(H2,17,23)(H,19,20)(H,21,22);3H2,1-2H3,(H,5,6)/t12-;/m0./s1. The van der Waals surface area contributed by atoms with Gasteiger partial charge in [-0.15, -0.1) is 0 Å². The smallest absolute Gasteiger partial charge is 0.303 e. The number of hydrogen-bond donors (Lipinski definition) is 5. The monoisotopic (exact) mass is 424 g/mol. The molecule has 6 N–H and O–H groups in total. The lowest BCUT2D eigenvalue weighted by molar-refractivity contribution is -0.139. The van der Waals surface area contributed by atoms with Crippen LogP contribution in [0.15, 0.2) is 24.4 Å². The molecule has 0 aliphatic carbocycles.